The van der Waals surface area contributed by atoms with Crippen molar-refractivity contribution in [3.8, 4) is 0 Å². The van der Waals surface area contributed by atoms with E-state index >= 15 is 0 Å². The van der Waals surface area contributed by atoms with Gasteiger partial charge in [-0.25, -0.2) is 0 Å². The molecule has 1 aliphatic carbocycles. The molecule has 6 heteroatoms. The average Bonchev–Trinajstić information content (AvgIpc) is 2.81. The molecule has 0 bridgehead atoms. The standard InChI is InChI=1S/C28H54N2O4/c1-9-27(33,10-2)22(18-20(5)6)30(23(19-21(7)8)28(34,11-3)12-4)25(32)26(24(29)31)16-14-13-15-17-26/h20-23,33-34H,9-19H2,1-8H3,(H2,29,31). The third-order valence-electron chi connectivity index (χ3n) is 8.57. The maximum Gasteiger partial charge on any atom is 0.238 e. The summed E-state index contributed by atoms with van der Waals surface area (Å²) in [5.41, 5.74) is 2.47. The summed E-state index contributed by atoms with van der Waals surface area (Å²) in [5.74, 6) is -0.410. The van der Waals surface area contributed by atoms with Crippen LogP contribution < -0.4 is 5.73 Å². The van der Waals surface area contributed by atoms with Crippen LogP contribution in [-0.4, -0.2) is 50.2 Å². The maximum atomic E-state index is 14.7. The molecule has 1 fully saturated rings. The molecule has 1 saturated carbocycles. The number of carbonyl (C=O) groups is 2. The van der Waals surface area contributed by atoms with Gasteiger partial charge in [0.1, 0.15) is 5.41 Å². The minimum atomic E-state index is -1.27. The third kappa shape index (κ3) is 6.54. The lowest BCUT2D eigenvalue weighted by atomic mass is 9.69. The van der Waals surface area contributed by atoms with Crippen molar-refractivity contribution < 1.29 is 19.8 Å². The Bertz CT molecular complexity index is 615. The fourth-order valence-electron chi connectivity index (χ4n) is 5.99. The van der Waals surface area contributed by atoms with Crippen LogP contribution in [0.3, 0.4) is 0 Å². The van der Waals surface area contributed by atoms with Crippen molar-refractivity contribution >= 4 is 11.8 Å². The number of carbonyl (C=O) groups excluding carboxylic acids is 2. The van der Waals surface area contributed by atoms with Gasteiger partial charge in [-0.2, -0.15) is 0 Å². The summed E-state index contributed by atoms with van der Waals surface area (Å²) in [4.78, 5) is 29.4. The zero-order valence-corrected chi connectivity index (χ0v) is 23.3. The van der Waals surface area contributed by atoms with Crippen LogP contribution in [0, 0.1) is 17.3 Å². The van der Waals surface area contributed by atoms with Gasteiger partial charge in [0, 0.05) is 0 Å². The maximum absolute atomic E-state index is 14.7. The first-order chi connectivity index (χ1) is 15.8. The summed E-state index contributed by atoms with van der Waals surface area (Å²) in [6.45, 7) is 16.2. The minimum Gasteiger partial charge on any atom is -0.388 e. The van der Waals surface area contributed by atoms with Crippen molar-refractivity contribution in [2.45, 2.75) is 149 Å². The second kappa shape index (κ2) is 12.7. The van der Waals surface area contributed by atoms with E-state index in [1.807, 2.05) is 27.7 Å². The van der Waals surface area contributed by atoms with E-state index in [-0.39, 0.29) is 17.7 Å². The number of nitrogens with zero attached hydrogens (tertiary/aromatic N) is 1. The van der Waals surface area contributed by atoms with Crippen molar-refractivity contribution in [1.82, 2.24) is 4.90 Å². The molecule has 1 aliphatic rings. The Labute approximate surface area is 209 Å². The van der Waals surface area contributed by atoms with Crippen LogP contribution in [-0.2, 0) is 9.59 Å². The van der Waals surface area contributed by atoms with E-state index in [4.69, 9.17) is 5.73 Å². The third-order valence-corrected chi connectivity index (χ3v) is 8.57. The summed E-state index contributed by atoms with van der Waals surface area (Å²) in [6.07, 6.45) is 6.55. The van der Waals surface area contributed by atoms with Crippen LogP contribution in [0.2, 0.25) is 0 Å². The fourth-order valence-corrected chi connectivity index (χ4v) is 5.99. The van der Waals surface area contributed by atoms with E-state index in [1.54, 1.807) is 4.90 Å². The molecule has 0 aromatic carbocycles. The van der Waals surface area contributed by atoms with Crippen molar-refractivity contribution in [3.63, 3.8) is 0 Å². The Morgan fingerprint density at radius 3 is 1.41 bits per heavy atom. The van der Waals surface area contributed by atoms with E-state index in [0.717, 1.165) is 19.3 Å². The van der Waals surface area contributed by atoms with Crippen LogP contribution in [0.4, 0.5) is 0 Å². The molecule has 4 N–H and O–H groups in total. The summed E-state index contributed by atoms with van der Waals surface area (Å²) >= 11 is 0. The predicted octanol–water partition coefficient (Wildman–Crippen LogP) is 5.18. The molecule has 0 saturated heterocycles. The lowest BCUT2D eigenvalue weighted by molar-refractivity contribution is -0.176. The van der Waals surface area contributed by atoms with Gasteiger partial charge in [0.15, 0.2) is 0 Å². The molecule has 1 rings (SSSR count). The van der Waals surface area contributed by atoms with Gasteiger partial charge in [0.2, 0.25) is 11.8 Å². The number of hydrogen-bond acceptors (Lipinski definition) is 4. The molecule has 34 heavy (non-hydrogen) atoms. The summed E-state index contributed by atoms with van der Waals surface area (Å²) in [7, 11) is 0. The molecule has 2 atom stereocenters. The van der Waals surface area contributed by atoms with Crippen molar-refractivity contribution in [2.24, 2.45) is 23.0 Å². The van der Waals surface area contributed by atoms with Crippen molar-refractivity contribution in [3.05, 3.63) is 0 Å². The molecule has 0 aliphatic heterocycles. The highest BCUT2D eigenvalue weighted by Gasteiger charge is 2.55. The number of nitrogens with two attached hydrogens (primary N) is 1. The van der Waals surface area contributed by atoms with Gasteiger partial charge in [0.25, 0.3) is 0 Å². The van der Waals surface area contributed by atoms with Gasteiger partial charge in [-0.1, -0.05) is 74.7 Å². The first-order valence-corrected chi connectivity index (χ1v) is 13.9. The van der Waals surface area contributed by atoms with E-state index in [1.165, 1.54) is 0 Å². The number of rotatable bonds is 14. The molecule has 2 amide bonds. The van der Waals surface area contributed by atoms with Crippen LogP contribution in [0.1, 0.15) is 126 Å². The Balaban J connectivity index is 3.92. The van der Waals surface area contributed by atoms with E-state index < -0.39 is 34.6 Å². The SMILES string of the molecule is CCC(O)(CC)C(CC(C)C)N(C(=O)C1(C(N)=O)CCCCC1)C(CC(C)C)C(O)(CC)CC. The topological polar surface area (TPSA) is 104 Å². The molecule has 200 valence electrons. The van der Waals surface area contributed by atoms with Gasteiger partial charge >= 0.3 is 0 Å². The monoisotopic (exact) mass is 482 g/mol. The van der Waals surface area contributed by atoms with Crippen LogP contribution in [0.15, 0.2) is 0 Å². The number of aliphatic hydroxyl groups is 2. The van der Waals surface area contributed by atoms with Crippen LogP contribution in [0.5, 0.6) is 0 Å². The van der Waals surface area contributed by atoms with Gasteiger partial charge in [0.05, 0.1) is 23.3 Å². The Hall–Kier alpha value is -1.14. The Morgan fingerprint density at radius 2 is 1.15 bits per heavy atom. The zero-order chi connectivity index (χ0) is 26.3. The molecule has 0 aromatic heterocycles. The number of primary amides is 1. The average molecular weight is 483 g/mol. The Kier molecular flexibility index (Phi) is 11.5. The second-order valence-electron chi connectivity index (χ2n) is 11.6. The minimum absolute atomic E-state index is 0.219. The molecule has 0 heterocycles. The molecule has 0 aromatic rings. The predicted molar refractivity (Wildman–Crippen MR) is 139 cm³/mol. The van der Waals surface area contributed by atoms with Crippen LogP contribution in [0.25, 0.3) is 0 Å². The molecule has 2 unspecified atom stereocenters. The Morgan fingerprint density at radius 1 is 0.794 bits per heavy atom. The molecule has 0 radical (unpaired) electrons. The second-order valence-corrected chi connectivity index (χ2v) is 11.6. The fraction of sp³-hybridized carbons (Fsp3) is 0.929. The smallest absolute Gasteiger partial charge is 0.238 e. The highest BCUT2D eigenvalue weighted by Crippen LogP contribution is 2.44. The number of hydrogen-bond donors (Lipinski definition) is 3. The normalized spacial score (nSPS) is 18.7. The number of amides is 2. The van der Waals surface area contributed by atoms with Crippen LogP contribution >= 0.6 is 0 Å². The summed E-state index contributed by atoms with van der Waals surface area (Å²) < 4.78 is 0. The van der Waals surface area contributed by atoms with E-state index in [9.17, 15) is 19.8 Å². The highest BCUT2D eigenvalue weighted by molar-refractivity contribution is 6.04. The van der Waals surface area contributed by atoms with Gasteiger partial charge in [-0.3, -0.25) is 9.59 Å². The summed E-state index contributed by atoms with van der Waals surface area (Å²) in [5, 5.41) is 23.8. The van der Waals surface area contributed by atoms with E-state index in [2.05, 4.69) is 27.7 Å². The molecular formula is C28H54N2O4. The van der Waals surface area contributed by atoms with Gasteiger partial charge in [-0.15, -0.1) is 0 Å². The molecule has 6 nitrogen and oxygen atoms in total. The lowest BCUT2D eigenvalue weighted by Gasteiger charge is -2.53. The summed E-state index contributed by atoms with van der Waals surface area (Å²) in [6, 6.07) is -1.02. The first-order valence-electron chi connectivity index (χ1n) is 13.9. The first kappa shape index (κ1) is 30.9. The largest absolute Gasteiger partial charge is 0.388 e. The lowest BCUT2D eigenvalue weighted by Crippen LogP contribution is -2.67. The quantitative estimate of drug-likeness (QED) is 0.297. The van der Waals surface area contributed by atoms with Gasteiger partial charge < -0.3 is 20.8 Å². The molecular weight excluding hydrogens is 428 g/mol. The van der Waals surface area contributed by atoms with E-state index in [0.29, 0.717) is 51.4 Å². The van der Waals surface area contributed by atoms with Gasteiger partial charge in [-0.05, 0) is 63.2 Å². The van der Waals surface area contributed by atoms with Crippen molar-refractivity contribution in [2.75, 3.05) is 0 Å². The zero-order valence-electron chi connectivity index (χ0n) is 23.3. The van der Waals surface area contributed by atoms with Crippen molar-refractivity contribution in [1.29, 1.82) is 0 Å². The molecule has 0 spiro atoms. The highest BCUT2D eigenvalue weighted by atomic mass is 16.3.